The summed E-state index contributed by atoms with van der Waals surface area (Å²) < 4.78 is 9.10. The van der Waals surface area contributed by atoms with Gasteiger partial charge in [0.15, 0.2) is 0 Å². The second-order valence-corrected chi connectivity index (χ2v) is 17.7. The van der Waals surface area contributed by atoms with Crippen molar-refractivity contribution in [3.63, 3.8) is 0 Å². The van der Waals surface area contributed by atoms with E-state index in [9.17, 15) is 0 Å². The van der Waals surface area contributed by atoms with E-state index in [1.165, 1.54) is 55.0 Å². The Labute approximate surface area is 371 Å². The summed E-state index contributed by atoms with van der Waals surface area (Å²) in [6.07, 6.45) is 0. The number of aromatic nitrogens is 1. The van der Waals surface area contributed by atoms with Crippen molar-refractivity contribution in [2.75, 3.05) is 4.90 Å². The van der Waals surface area contributed by atoms with E-state index >= 15 is 0 Å². The van der Waals surface area contributed by atoms with Crippen LogP contribution in [0.5, 0.6) is 0 Å². The van der Waals surface area contributed by atoms with Gasteiger partial charge in [-0.1, -0.05) is 159 Å². The zero-order valence-corrected chi connectivity index (χ0v) is 35.6. The van der Waals surface area contributed by atoms with E-state index in [2.05, 4.69) is 242 Å². The van der Waals surface area contributed by atoms with Crippen LogP contribution in [-0.4, -0.2) is 4.57 Å². The smallest absolute Gasteiger partial charge is 0.143 e. The zero-order valence-electron chi connectivity index (χ0n) is 35.6. The highest BCUT2D eigenvalue weighted by atomic mass is 16.3. The average molecular weight is 819 g/mol. The minimum absolute atomic E-state index is 0.144. The molecular formula is C61H42N2O. The van der Waals surface area contributed by atoms with Gasteiger partial charge in [-0.25, -0.2) is 0 Å². The van der Waals surface area contributed by atoms with Crippen molar-refractivity contribution in [3.8, 4) is 39.1 Å². The lowest BCUT2D eigenvalue weighted by Gasteiger charge is -2.30. The Hall–Kier alpha value is -8.14. The molecule has 3 nitrogen and oxygen atoms in total. The molecule has 12 aromatic rings. The topological polar surface area (TPSA) is 21.3 Å². The van der Waals surface area contributed by atoms with Gasteiger partial charge in [0.2, 0.25) is 0 Å². The van der Waals surface area contributed by atoms with Gasteiger partial charge in [0, 0.05) is 55.0 Å². The summed E-state index contributed by atoms with van der Waals surface area (Å²) >= 11 is 0. The maximum absolute atomic E-state index is 6.72. The van der Waals surface area contributed by atoms with E-state index in [0.29, 0.717) is 0 Å². The molecule has 1 aliphatic carbocycles. The normalized spacial score (nSPS) is 13.0. The summed E-state index contributed by atoms with van der Waals surface area (Å²) in [5, 5.41) is 7.09. The molecule has 3 heteroatoms. The Morgan fingerprint density at radius 2 is 1.05 bits per heavy atom. The van der Waals surface area contributed by atoms with Crippen molar-refractivity contribution >= 4 is 71.6 Å². The third kappa shape index (κ3) is 5.47. The van der Waals surface area contributed by atoms with E-state index in [4.69, 9.17) is 4.42 Å². The Bertz CT molecular complexity index is 3770. The first-order chi connectivity index (χ1) is 31.5. The first kappa shape index (κ1) is 36.5. The zero-order chi connectivity index (χ0) is 42.5. The Balaban J connectivity index is 0.951. The molecule has 0 spiro atoms. The fourth-order valence-corrected chi connectivity index (χ4v) is 10.7. The van der Waals surface area contributed by atoms with E-state index in [-0.39, 0.29) is 5.41 Å². The number of rotatable bonds is 6. The van der Waals surface area contributed by atoms with Crippen LogP contribution in [0.2, 0.25) is 0 Å². The molecule has 2 heterocycles. The molecule has 10 aromatic carbocycles. The largest absolute Gasteiger partial charge is 0.455 e. The van der Waals surface area contributed by atoms with Crippen molar-refractivity contribution in [3.05, 3.63) is 230 Å². The second-order valence-electron chi connectivity index (χ2n) is 17.7. The molecule has 302 valence electrons. The van der Waals surface area contributed by atoms with E-state index < -0.39 is 0 Å². The molecule has 0 atom stereocenters. The molecule has 0 saturated carbocycles. The van der Waals surface area contributed by atoms with Crippen molar-refractivity contribution in [2.24, 2.45) is 0 Å². The third-order valence-corrected chi connectivity index (χ3v) is 13.8. The number of hydrogen-bond donors (Lipinski definition) is 0. The molecule has 64 heavy (non-hydrogen) atoms. The monoisotopic (exact) mass is 818 g/mol. The second kappa shape index (κ2) is 13.9. The predicted molar refractivity (Wildman–Crippen MR) is 269 cm³/mol. The summed E-state index contributed by atoms with van der Waals surface area (Å²) in [5.41, 5.74) is 18.4. The Kier molecular flexibility index (Phi) is 7.95. The molecule has 0 saturated heterocycles. The SMILES string of the molecule is CC1(C)c2ccccc2-c2ccc(N(c3ccc(-c4cccc(-n5c6ccccc6c6ccccc65)c4)cc3)c3ccccc3-c3ccc4c(c3)oc3c5ccccc5ccc43)cc21. The molecule has 0 bridgehead atoms. The third-order valence-electron chi connectivity index (χ3n) is 13.8. The Morgan fingerprint density at radius 3 is 1.86 bits per heavy atom. The van der Waals surface area contributed by atoms with Gasteiger partial charge >= 0.3 is 0 Å². The van der Waals surface area contributed by atoms with E-state index in [1.807, 2.05) is 0 Å². The summed E-state index contributed by atoms with van der Waals surface area (Å²) in [6, 6.07) is 79.7. The number of nitrogens with zero attached hydrogens (tertiary/aromatic N) is 2. The Morgan fingerprint density at radius 1 is 0.406 bits per heavy atom. The summed E-state index contributed by atoms with van der Waals surface area (Å²) in [7, 11) is 0. The highest BCUT2D eigenvalue weighted by Crippen LogP contribution is 2.51. The van der Waals surface area contributed by atoms with Crippen LogP contribution < -0.4 is 4.90 Å². The molecule has 0 N–H and O–H groups in total. The standard InChI is InChI=1S/C61H42N2O/c1-61(2)54-22-9-5-19-48(54)49-35-32-45(38-55(49)61)62(56-23-10-6-17-46(56)42-29-33-52-53-34-28-40-14-3-4-18-47(40)60(53)64-59(52)37-42)43-30-26-39(27-31-43)41-15-13-16-44(36-41)63-57-24-11-7-20-50(57)51-21-8-12-25-58(51)63/h3-38H,1-2H3. The first-order valence-electron chi connectivity index (χ1n) is 22.2. The van der Waals surface area contributed by atoms with Crippen LogP contribution in [-0.2, 0) is 5.41 Å². The lowest BCUT2D eigenvalue weighted by molar-refractivity contribution is 0.660. The van der Waals surface area contributed by atoms with Crippen LogP contribution >= 0.6 is 0 Å². The quantitative estimate of drug-likeness (QED) is 0.167. The number of furan rings is 1. The first-order valence-corrected chi connectivity index (χ1v) is 22.2. The van der Waals surface area contributed by atoms with Crippen LogP contribution in [0.15, 0.2) is 223 Å². The summed E-state index contributed by atoms with van der Waals surface area (Å²) in [5.74, 6) is 0. The van der Waals surface area contributed by atoms with Gasteiger partial charge in [0.05, 0.1) is 16.7 Å². The van der Waals surface area contributed by atoms with Crippen LogP contribution in [0.3, 0.4) is 0 Å². The molecule has 0 fully saturated rings. The van der Waals surface area contributed by atoms with Crippen molar-refractivity contribution in [1.29, 1.82) is 0 Å². The molecule has 1 aliphatic rings. The lowest BCUT2D eigenvalue weighted by atomic mass is 9.82. The average Bonchev–Trinajstić information content (AvgIpc) is 3.97. The van der Waals surface area contributed by atoms with Gasteiger partial charge in [-0.2, -0.15) is 0 Å². The minimum atomic E-state index is -0.144. The van der Waals surface area contributed by atoms with Crippen LogP contribution in [0, 0.1) is 0 Å². The van der Waals surface area contributed by atoms with Gasteiger partial charge in [-0.05, 0) is 117 Å². The minimum Gasteiger partial charge on any atom is -0.455 e. The highest BCUT2D eigenvalue weighted by Gasteiger charge is 2.36. The fourth-order valence-electron chi connectivity index (χ4n) is 10.7. The van der Waals surface area contributed by atoms with Crippen molar-refractivity contribution in [1.82, 2.24) is 4.57 Å². The van der Waals surface area contributed by atoms with Crippen LogP contribution in [0.25, 0.3) is 93.6 Å². The lowest BCUT2D eigenvalue weighted by Crippen LogP contribution is -2.16. The molecular weight excluding hydrogens is 777 g/mol. The molecule has 0 radical (unpaired) electrons. The van der Waals surface area contributed by atoms with E-state index in [1.54, 1.807) is 0 Å². The fraction of sp³-hybridized carbons (Fsp3) is 0.0492. The highest BCUT2D eigenvalue weighted by molar-refractivity contribution is 6.15. The molecule has 0 aliphatic heterocycles. The molecule has 13 rings (SSSR count). The summed E-state index contributed by atoms with van der Waals surface area (Å²) in [6.45, 7) is 4.71. The van der Waals surface area contributed by atoms with Gasteiger partial charge in [0.25, 0.3) is 0 Å². The number of benzene rings is 10. The maximum Gasteiger partial charge on any atom is 0.143 e. The van der Waals surface area contributed by atoms with Crippen LogP contribution in [0.4, 0.5) is 17.1 Å². The summed E-state index contributed by atoms with van der Waals surface area (Å²) in [4.78, 5) is 2.43. The molecule has 0 amide bonds. The van der Waals surface area contributed by atoms with E-state index in [0.717, 1.165) is 66.8 Å². The van der Waals surface area contributed by atoms with Crippen molar-refractivity contribution < 1.29 is 4.42 Å². The number of hydrogen-bond acceptors (Lipinski definition) is 2. The van der Waals surface area contributed by atoms with Gasteiger partial charge in [-0.3, -0.25) is 0 Å². The number of anilines is 3. The van der Waals surface area contributed by atoms with Gasteiger partial charge < -0.3 is 13.9 Å². The number of fused-ring (bicyclic) bond motifs is 11. The predicted octanol–water partition coefficient (Wildman–Crippen LogP) is 16.9. The van der Waals surface area contributed by atoms with Crippen molar-refractivity contribution in [2.45, 2.75) is 19.3 Å². The van der Waals surface area contributed by atoms with Crippen LogP contribution in [0.1, 0.15) is 25.0 Å². The molecule has 2 aromatic heterocycles. The maximum atomic E-state index is 6.72. The van der Waals surface area contributed by atoms with Gasteiger partial charge in [-0.15, -0.1) is 0 Å². The van der Waals surface area contributed by atoms with Gasteiger partial charge in [0.1, 0.15) is 11.2 Å². The molecule has 0 unspecified atom stereocenters. The number of para-hydroxylation sites is 3.